The standard InChI is InChI=1S/C15H14FNO2/c16-13-6-4-11(5-7-13)10-17-15(19)9-12-2-1-3-14(18)8-12/h1-8,18H,9-10H2,(H,17,19). The van der Waals surface area contributed by atoms with Gasteiger partial charge in [0, 0.05) is 6.54 Å². The van der Waals surface area contributed by atoms with Gasteiger partial charge in [0.05, 0.1) is 6.42 Å². The van der Waals surface area contributed by atoms with Gasteiger partial charge in [-0.05, 0) is 35.4 Å². The Balaban J connectivity index is 1.86. The molecule has 0 radical (unpaired) electrons. The number of rotatable bonds is 4. The third kappa shape index (κ3) is 4.10. The molecule has 0 unspecified atom stereocenters. The summed E-state index contributed by atoms with van der Waals surface area (Å²) in [7, 11) is 0. The zero-order chi connectivity index (χ0) is 13.7. The summed E-state index contributed by atoms with van der Waals surface area (Å²) in [5, 5.41) is 12.0. The number of nitrogens with one attached hydrogen (secondary N) is 1. The highest BCUT2D eigenvalue weighted by molar-refractivity contribution is 5.78. The van der Waals surface area contributed by atoms with Crippen LogP contribution in [0.15, 0.2) is 48.5 Å². The number of carbonyl (C=O) groups is 1. The van der Waals surface area contributed by atoms with Gasteiger partial charge in [0.25, 0.3) is 0 Å². The molecule has 4 heteroatoms. The molecule has 0 saturated carbocycles. The first-order chi connectivity index (χ1) is 9.13. The fourth-order valence-electron chi connectivity index (χ4n) is 1.72. The average Bonchev–Trinajstić information content (AvgIpc) is 2.38. The number of hydrogen-bond donors (Lipinski definition) is 2. The van der Waals surface area contributed by atoms with Crippen molar-refractivity contribution >= 4 is 5.91 Å². The normalized spacial score (nSPS) is 10.2. The molecular formula is C15H14FNO2. The minimum atomic E-state index is -0.296. The summed E-state index contributed by atoms with van der Waals surface area (Å²) < 4.78 is 12.7. The number of carbonyl (C=O) groups excluding carboxylic acids is 1. The molecule has 2 rings (SSSR count). The fourth-order valence-corrected chi connectivity index (χ4v) is 1.72. The van der Waals surface area contributed by atoms with Crippen molar-refractivity contribution < 1.29 is 14.3 Å². The molecule has 2 N–H and O–H groups in total. The summed E-state index contributed by atoms with van der Waals surface area (Å²) >= 11 is 0. The second-order valence-electron chi connectivity index (χ2n) is 4.25. The second kappa shape index (κ2) is 6.00. The van der Waals surface area contributed by atoms with Gasteiger partial charge in [-0.15, -0.1) is 0 Å². The summed E-state index contributed by atoms with van der Waals surface area (Å²) in [6, 6.07) is 12.5. The van der Waals surface area contributed by atoms with Crippen LogP contribution in [0.1, 0.15) is 11.1 Å². The zero-order valence-corrected chi connectivity index (χ0v) is 10.3. The zero-order valence-electron chi connectivity index (χ0n) is 10.3. The molecule has 0 saturated heterocycles. The Bertz CT molecular complexity index is 567. The second-order valence-corrected chi connectivity index (χ2v) is 4.25. The smallest absolute Gasteiger partial charge is 0.224 e. The number of benzene rings is 2. The summed E-state index contributed by atoms with van der Waals surface area (Å²) in [5.74, 6) is -0.298. The van der Waals surface area contributed by atoms with E-state index < -0.39 is 0 Å². The lowest BCUT2D eigenvalue weighted by atomic mass is 10.1. The van der Waals surface area contributed by atoms with Crippen molar-refractivity contribution in [2.45, 2.75) is 13.0 Å². The Morgan fingerprint density at radius 3 is 2.53 bits per heavy atom. The topological polar surface area (TPSA) is 49.3 Å². The Labute approximate surface area is 110 Å². The molecule has 98 valence electrons. The van der Waals surface area contributed by atoms with E-state index in [1.165, 1.54) is 12.1 Å². The van der Waals surface area contributed by atoms with E-state index in [9.17, 15) is 14.3 Å². The lowest BCUT2D eigenvalue weighted by Crippen LogP contribution is -2.24. The van der Waals surface area contributed by atoms with Gasteiger partial charge in [-0.2, -0.15) is 0 Å². The van der Waals surface area contributed by atoms with E-state index in [2.05, 4.69) is 5.32 Å². The molecule has 0 aliphatic rings. The summed E-state index contributed by atoms with van der Waals surface area (Å²) in [6.07, 6.45) is 0.204. The van der Waals surface area contributed by atoms with E-state index in [0.29, 0.717) is 6.54 Å². The van der Waals surface area contributed by atoms with Gasteiger partial charge < -0.3 is 10.4 Å². The SMILES string of the molecule is O=C(Cc1cccc(O)c1)NCc1ccc(F)cc1. The van der Waals surface area contributed by atoms with Crippen LogP contribution in [0.4, 0.5) is 4.39 Å². The minimum absolute atomic E-state index is 0.142. The Morgan fingerprint density at radius 1 is 1.11 bits per heavy atom. The molecule has 0 aliphatic heterocycles. The van der Waals surface area contributed by atoms with Crippen LogP contribution in [-0.4, -0.2) is 11.0 Å². The molecule has 0 spiro atoms. The highest BCUT2D eigenvalue weighted by atomic mass is 19.1. The van der Waals surface area contributed by atoms with Crippen LogP contribution < -0.4 is 5.32 Å². The molecule has 19 heavy (non-hydrogen) atoms. The minimum Gasteiger partial charge on any atom is -0.508 e. The van der Waals surface area contributed by atoms with Gasteiger partial charge in [0.1, 0.15) is 11.6 Å². The molecule has 2 aromatic carbocycles. The molecule has 0 fully saturated rings. The Morgan fingerprint density at radius 2 is 1.84 bits per heavy atom. The molecule has 2 aromatic rings. The van der Waals surface area contributed by atoms with Crippen LogP contribution >= 0.6 is 0 Å². The van der Waals surface area contributed by atoms with E-state index in [4.69, 9.17) is 0 Å². The maximum absolute atomic E-state index is 12.7. The van der Waals surface area contributed by atoms with E-state index in [1.54, 1.807) is 36.4 Å². The van der Waals surface area contributed by atoms with Crippen LogP contribution in [0.2, 0.25) is 0 Å². The van der Waals surface area contributed by atoms with Crippen molar-refractivity contribution in [2.24, 2.45) is 0 Å². The van der Waals surface area contributed by atoms with Crippen LogP contribution in [0.5, 0.6) is 5.75 Å². The third-order valence-corrected chi connectivity index (χ3v) is 2.68. The van der Waals surface area contributed by atoms with Crippen molar-refractivity contribution in [3.8, 4) is 5.75 Å². The molecule has 0 bridgehead atoms. The van der Waals surface area contributed by atoms with Gasteiger partial charge in [0.15, 0.2) is 0 Å². The Hall–Kier alpha value is -2.36. The molecule has 0 heterocycles. The highest BCUT2D eigenvalue weighted by Gasteiger charge is 2.04. The number of phenolic OH excluding ortho intramolecular Hbond substituents is 1. The predicted molar refractivity (Wildman–Crippen MR) is 70.1 cm³/mol. The van der Waals surface area contributed by atoms with Gasteiger partial charge in [-0.25, -0.2) is 4.39 Å². The lowest BCUT2D eigenvalue weighted by Gasteiger charge is -2.06. The third-order valence-electron chi connectivity index (χ3n) is 2.68. The lowest BCUT2D eigenvalue weighted by molar-refractivity contribution is -0.120. The van der Waals surface area contributed by atoms with Crippen molar-refractivity contribution in [1.29, 1.82) is 0 Å². The molecule has 3 nitrogen and oxygen atoms in total. The van der Waals surface area contributed by atoms with Crippen molar-refractivity contribution in [2.75, 3.05) is 0 Å². The summed E-state index contributed by atoms with van der Waals surface area (Å²) in [5.41, 5.74) is 1.59. The molecule has 0 aromatic heterocycles. The quantitative estimate of drug-likeness (QED) is 0.885. The monoisotopic (exact) mass is 259 g/mol. The van der Waals surface area contributed by atoms with E-state index in [1.807, 2.05) is 0 Å². The summed E-state index contributed by atoms with van der Waals surface area (Å²) in [4.78, 5) is 11.7. The highest BCUT2D eigenvalue weighted by Crippen LogP contribution is 2.11. The van der Waals surface area contributed by atoms with E-state index in [-0.39, 0.29) is 23.9 Å². The fraction of sp³-hybridized carbons (Fsp3) is 0.133. The number of phenols is 1. The first-order valence-electron chi connectivity index (χ1n) is 5.92. The number of amides is 1. The van der Waals surface area contributed by atoms with Gasteiger partial charge in [-0.3, -0.25) is 4.79 Å². The van der Waals surface area contributed by atoms with Crippen LogP contribution in [0, 0.1) is 5.82 Å². The van der Waals surface area contributed by atoms with Crippen molar-refractivity contribution in [3.05, 3.63) is 65.5 Å². The van der Waals surface area contributed by atoms with Gasteiger partial charge in [-0.1, -0.05) is 24.3 Å². The van der Waals surface area contributed by atoms with Crippen molar-refractivity contribution in [1.82, 2.24) is 5.32 Å². The number of halogens is 1. The largest absolute Gasteiger partial charge is 0.508 e. The predicted octanol–water partition coefficient (Wildman–Crippen LogP) is 2.39. The van der Waals surface area contributed by atoms with Gasteiger partial charge >= 0.3 is 0 Å². The van der Waals surface area contributed by atoms with Crippen LogP contribution in [-0.2, 0) is 17.8 Å². The van der Waals surface area contributed by atoms with Gasteiger partial charge in [0.2, 0.25) is 5.91 Å². The van der Waals surface area contributed by atoms with Crippen LogP contribution in [0.3, 0.4) is 0 Å². The summed E-state index contributed by atoms with van der Waals surface area (Å²) in [6.45, 7) is 0.359. The molecule has 0 atom stereocenters. The molecular weight excluding hydrogens is 245 g/mol. The first kappa shape index (κ1) is 13.1. The molecule has 0 aliphatic carbocycles. The van der Waals surface area contributed by atoms with Crippen molar-refractivity contribution in [3.63, 3.8) is 0 Å². The maximum atomic E-state index is 12.7. The Kier molecular flexibility index (Phi) is 4.13. The maximum Gasteiger partial charge on any atom is 0.224 e. The first-order valence-corrected chi connectivity index (χ1v) is 5.92. The van der Waals surface area contributed by atoms with Crippen LogP contribution in [0.25, 0.3) is 0 Å². The number of hydrogen-bond acceptors (Lipinski definition) is 2. The van der Waals surface area contributed by atoms with E-state index in [0.717, 1.165) is 11.1 Å². The number of aromatic hydroxyl groups is 1. The molecule has 1 amide bonds. The average molecular weight is 259 g/mol. The van der Waals surface area contributed by atoms with E-state index >= 15 is 0 Å².